The summed E-state index contributed by atoms with van der Waals surface area (Å²) in [5.41, 5.74) is 3.20. The number of carbonyl (C=O) groups excluding carboxylic acids is 2. The van der Waals surface area contributed by atoms with Gasteiger partial charge in [-0.05, 0) is 49.4 Å². The van der Waals surface area contributed by atoms with Gasteiger partial charge in [0.1, 0.15) is 17.6 Å². The monoisotopic (exact) mass is 416 g/mol. The van der Waals surface area contributed by atoms with Crippen LogP contribution >= 0.6 is 0 Å². The Hall–Kier alpha value is -3.80. The van der Waals surface area contributed by atoms with Gasteiger partial charge in [0.05, 0.1) is 18.4 Å². The molecule has 6 heteroatoms. The minimum absolute atomic E-state index is 0.0324. The van der Waals surface area contributed by atoms with Crippen molar-refractivity contribution in [3.63, 3.8) is 0 Å². The van der Waals surface area contributed by atoms with E-state index in [0.29, 0.717) is 34.0 Å². The Morgan fingerprint density at radius 1 is 0.871 bits per heavy atom. The fourth-order valence-electron chi connectivity index (χ4n) is 3.61. The lowest BCUT2D eigenvalue weighted by Crippen LogP contribution is -2.15. The molecule has 6 nitrogen and oxygen atoms in total. The molecule has 4 rings (SSSR count). The molecular weight excluding hydrogens is 392 g/mol. The van der Waals surface area contributed by atoms with E-state index in [4.69, 9.17) is 9.47 Å². The van der Waals surface area contributed by atoms with Crippen LogP contribution in [-0.2, 0) is 0 Å². The molecular formula is C25H24N2O4. The first-order chi connectivity index (χ1) is 15.0. The van der Waals surface area contributed by atoms with Crippen molar-refractivity contribution in [1.29, 1.82) is 0 Å². The molecule has 1 aliphatic rings. The fraction of sp³-hybridized carbons (Fsp3) is 0.200. The molecule has 0 unspecified atom stereocenters. The molecule has 0 bridgehead atoms. The Bertz CT molecular complexity index is 1120. The molecule has 1 aliphatic heterocycles. The highest BCUT2D eigenvalue weighted by Gasteiger charge is 2.31. The lowest BCUT2D eigenvalue weighted by molar-refractivity contribution is 0.101. The molecule has 3 aromatic rings. The van der Waals surface area contributed by atoms with Crippen LogP contribution in [0.4, 0.5) is 11.4 Å². The van der Waals surface area contributed by atoms with Gasteiger partial charge in [0.2, 0.25) is 0 Å². The van der Waals surface area contributed by atoms with E-state index >= 15 is 0 Å². The summed E-state index contributed by atoms with van der Waals surface area (Å²) in [5.74, 6) is 0.960. The topological polar surface area (TPSA) is 76.7 Å². The summed E-state index contributed by atoms with van der Waals surface area (Å²) < 4.78 is 11.2. The van der Waals surface area contributed by atoms with Gasteiger partial charge in [0, 0.05) is 22.7 Å². The van der Waals surface area contributed by atoms with Gasteiger partial charge < -0.3 is 20.1 Å². The molecule has 0 aliphatic carbocycles. The molecule has 0 aromatic heterocycles. The van der Waals surface area contributed by atoms with E-state index in [2.05, 4.69) is 17.6 Å². The molecule has 2 atom stereocenters. The standard InChI is InChI=1S/C25H24N2O4/c1-15-16(2)31-23-19(15)7-6-8-20(23)25(29)26-18-13-11-17(12-14-18)24(28)27-21-9-4-5-10-22(21)30-3/h4-16H,1-3H3,(H,26,29)(H,27,28)/t15-,16+/m0/s1. The summed E-state index contributed by atoms with van der Waals surface area (Å²) in [4.78, 5) is 25.4. The highest BCUT2D eigenvalue weighted by molar-refractivity contribution is 6.08. The zero-order valence-corrected chi connectivity index (χ0v) is 17.6. The second-order valence-electron chi connectivity index (χ2n) is 7.52. The van der Waals surface area contributed by atoms with Crippen molar-refractivity contribution >= 4 is 23.2 Å². The third-order valence-corrected chi connectivity index (χ3v) is 5.55. The van der Waals surface area contributed by atoms with E-state index < -0.39 is 0 Å². The van der Waals surface area contributed by atoms with Crippen molar-refractivity contribution in [2.45, 2.75) is 25.9 Å². The Balaban J connectivity index is 1.46. The first kappa shape index (κ1) is 20.5. The van der Waals surface area contributed by atoms with Gasteiger partial charge in [-0.15, -0.1) is 0 Å². The first-order valence-corrected chi connectivity index (χ1v) is 10.1. The maximum atomic E-state index is 12.8. The Kier molecular flexibility index (Phi) is 5.62. The molecule has 0 saturated carbocycles. The van der Waals surface area contributed by atoms with Crippen LogP contribution in [0.2, 0.25) is 0 Å². The van der Waals surface area contributed by atoms with Gasteiger partial charge in [-0.3, -0.25) is 9.59 Å². The van der Waals surface area contributed by atoms with Crippen LogP contribution in [0.3, 0.4) is 0 Å². The summed E-state index contributed by atoms with van der Waals surface area (Å²) in [6.45, 7) is 4.09. The minimum atomic E-state index is -0.264. The number of hydrogen-bond acceptors (Lipinski definition) is 4. The largest absolute Gasteiger partial charge is 0.495 e. The number of ether oxygens (including phenoxy) is 2. The van der Waals surface area contributed by atoms with Crippen LogP contribution in [-0.4, -0.2) is 25.0 Å². The second kappa shape index (κ2) is 8.52. The van der Waals surface area contributed by atoms with E-state index in [-0.39, 0.29) is 23.8 Å². The zero-order chi connectivity index (χ0) is 22.0. The second-order valence-corrected chi connectivity index (χ2v) is 7.52. The fourth-order valence-corrected chi connectivity index (χ4v) is 3.61. The average Bonchev–Trinajstić information content (AvgIpc) is 3.08. The number of nitrogens with one attached hydrogen (secondary N) is 2. The summed E-state index contributed by atoms with van der Waals surface area (Å²) in [6.07, 6.45) is 0.0324. The highest BCUT2D eigenvalue weighted by Crippen LogP contribution is 2.40. The predicted molar refractivity (Wildman–Crippen MR) is 120 cm³/mol. The van der Waals surface area contributed by atoms with Crippen molar-refractivity contribution in [1.82, 2.24) is 0 Å². The molecule has 0 spiro atoms. The van der Waals surface area contributed by atoms with Crippen LogP contribution in [0.15, 0.2) is 66.7 Å². The maximum absolute atomic E-state index is 12.8. The normalized spacial score (nSPS) is 16.7. The molecule has 0 fully saturated rings. The van der Waals surface area contributed by atoms with E-state index in [0.717, 1.165) is 5.56 Å². The zero-order valence-electron chi connectivity index (χ0n) is 17.6. The molecule has 0 saturated heterocycles. The van der Waals surface area contributed by atoms with Gasteiger partial charge >= 0.3 is 0 Å². The molecule has 2 amide bonds. The molecule has 31 heavy (non-hydrogen) atoms. The minimum Gasteiger partial charge on any atom is -0.495 e. The van der Waals surface area contributed by atoms with Crippen LogP contribution in [0.25, 0.3) is 0 Å². The SMILES string of the molecule is COc1ccccc1NC(=O)c1ccc(NC(=O)c2cccc3c2O[C@H](C)[C@@H]3C)cc1. The quantitative estimate of drug-likeness (QED) is 0.608. The van der Waals surface area contributed by atoms with Crippen molar-refractivity contribution < 1.29 is 19.1 Å². The summed E-state index contributed by atoms with van der Waals surface area (Å²) >= 11 is 0. The summed E-state index contributed by atoms with van der Waals surface area (Å²) in [6, 6.07) is 19.6. The number of benzene rings is 3. The number of anilines is 2. The van der Waals surface area contributed by atoms with Crippen LogP contribution < -0.4 is 20.1 Å². The van der Waals surface area contributed by atoms with E-state index in [9.17, 15) is 9.59 Å². The highest BCUT2D eigenvalue weighted by atomic mass is 16.5. The molecule has 158 valence electrons. The van der Waals surface area contributed by atoms with Crippen LogP contribution in [0.1, 0.15) is 46.0 Å². The average molecular weight is 416 g/mol. The number of rotatable bonds is 5. The summed E-state index contributed by atoms with van der Waals surface area (Å²) in [7, 11) is 1.55. The van der Waals surface area contributed by atoms with Crippen molar-refractivity contribution in [3.05, 3.63) is 83.4 Å². The Labute approximate surface area is 181 Å². The van der Waals surface area contributed by atoms with Crippen molar-refractivity contribution in [3.8, 4) is 11.5 Å². The number of hydrogen-bond donors (Lipinski definition) is 2. The van der Waals surface area contributed by atoms with Crippen molar-refractivity contribution in [2.24, 2.45) is 0 Å². The van der Waals surface area contributed by atoms with E-state index in [1.54, 1.807) is 49.6 Å². The van der Waals surface area contributed by atoms with Gasteiger partial charge in [-0.2, -0.15) is 0 Å². The number of amides is 2. The number of methoxy groups -OCH3 is 1. The number of carbonyl (C=O) groups is 2. The smallest absolute Gasteiger partial charge is 0.259 e. The lowest BCUT2D eigenvalue weighted by Gasteiger charge is -2.11. The molecule has 1 heterocycles. The third-order valence-electron chi connectivity index (χ3n) is 5.55. The van der Waals surface area contributed by atoms with Gasteiger partial charge in [0.15, 0.2) is 0 Å². The van der Waals surface area contributed by atoms with E-state index in [1.807, 2.05) is 31.2 Å². The Morgan fingerprint density at radius 2 is 1.61 bits per heavy atom. The predicted octanol–water partition coefficient (Wildman–Crippen LogP) is 5.08. The van der Waals surface area contributed by atoms with Crippen LogP contribution in [0.5, 0.6) is 11.5 Å². The lowest BCUT2D eigenvalue weighted by atomic mass is 9.97. The Morgan fingerprint density at radius 3 is 2.35 bits per heavy atom. The van der Waals surface area contributed by atoms with Gasteiger partial charge in [0.25, 0.3) is 11.8 Å². The third kappa shape index (κ3) is 4.10. The van der Waals surface area contributed by atoms with Gasteiger partial charge in [-0.1, -0.05) is 31.2 Å². The van der Waals surface area contributed by atoms with E-state index in [1.165, 1.54) is 0 Å². The maximum Gasteiger partial charge on any atom is 0.259 e. The first-order valence-electron chi connectivity index (χ1n) is 10.1. The molecule has 2 N–H and O–H groups in total. The molecule has 0 radical (unpaired) electrons. The number of fused-ring (bicyclic) bond motifs is 1. The van der Waals surface area contributed by atoms with Crippen LogP contribution in [0, 0.1) is 0 Å². The number of para-hydroxylation sites is 3. The summed E-state index contributed by atoms with van der Waals surface area (Å²) in [5, 5.41) is 5.71. The van der Waals surface area contributed by atoms with Crippen molar-refractivity contribution in [2.75, 3.05) is 17.7 Å². The van der Waals surface area contributed by atoms with Gasteiger partial charge in [-0.25, -0.2) is 0 Å². The molecule has 3 aromatic carbocycles.